The van der Waals surface area contributed by atoms with Gasteiger partial charge in [0.25, 0.3) is 5.91 Å². The van der Waals surface area contributed by atoms with Gasteiger partial charge < -0.3 is 31.9 Å². The molecule has 188 valence electrons. The van der Waals surface area contributed by atoms with E-state index >= 15 is 0 Å². The number of amides is 3. The fraction of sp³-hybridized carbons (Fsp3) is 0.500. The molecule has 1 aromatic carbocycles. The van der Waals surface area contributed by atoms with E-state index in [0.717, 1.165) is 24.1 Å². The second-order valence-electron chi connectivity index (χ2n) is 9.87. The lowest BCUT2D eigenvalue weighted by Crippen LogP contribution is -2.56. The second-order valence-corrected chi connectivity index (χ2v) is 9.87. The third kappa shape index (κ3) is 6.77. The molecule has 0 saturated heterocycles. The number of rotatable bonds is 11. The lowest BCUT2D eigenvalue weighted by Gasteiger charge is -2.31. The highest BCUT2D eigenvalue weighted by atomic mass is 16.2. The average Bonchev–Trinajstić information content (AvgIpc) is 3.61. The molecule has 1 aliphatic carbocycles. The maximum Gasteiger partial charge on any atom is 0.251 e. The summed E-state index contributed by atoms with van der Waals surface area (Å²) in [5.41, 5.74) is 2.73. The summed E-state index contributed by atoms with van der Waals surface area (Å²) in [6, 6.07) is 8.80. The first-order valence-electron chi connectivity index (χ1n) is 12.5. The van der Waals surface area contributed by atoms with Crippen molar-refractivity contribution in [3.8, 4) is 0 Å². The Bertz CT molecular complexity index is 986. The van der Waals surface area contributed by atoms with Gasteiger partial charge in [-0.25, -0.2) is 0 Å². The van der Waals surface area contributed by atoms with Crippen LogP contribution in [0.2, 0.25) is 0 Å². The number of nitrogens with one attached hydrogen (secondary N) is 6. The lowest BCUT2D eigenvalue weighted by atomic mass is 10.0. The number of hydrogen-bond donors (Lipinski definition) is 6. The molecule has 0 spiro atoms. The molecular formula is C26H36N6O3. The molecule has 3 atom stereocenters. The van der Waals surface area contributed by atoms with Gasteiger partial charge in [-0.05, 0) is 30.7 Å². The Morgan fingerprint density at radius 2 is 1.77 bits per heavy atom. The van der Waals surface area contributed by atoms with Crippen LogP contribution in [0.15, 0.2) is 54.0 Å². The third-order valence-electron chi connectivity index (χ3n) is 6.42. The molecule has 9 nitrogen and oxygen atoms in total. The average molecular weight is 481 g/mol. The van der Waals surface area contributed by atoms with E-state index in [9.17, 15) is 14.4 Å². The monoisotopic (exact) mass is 480 g/mol. The van der Waals surface area contributed by atoms with Crippen LogP contribution in [-0.4, -0.2) is 42.5 Å². The lowest BCUT2D eigenvalue weighted by molar-refractivity contribution is -0.128. The summed E-state index contributed by atoms with van der Waals surface area (Å²) in [5.74, 6) is 0.0690. The van der Waals surface area contributed by atoms with E-state index in [1.165, 1.54) is 0 Å². The highest BCUT2D eigenvalue weighted by Gasteiger charge is 2.39. The van der Waals surface area contributed by atoms with E-state index in [4.69, 9.17) is 0 Å². The summed E-state index contributed by atoms with van der Waals surface area (Å²) < 4.78 is 0. The highest BCUT2D eigenvalue weighted by Crippen LogP contribution is 2.36. The highest BCUT2D eigenvalue weighted by molar-refractivity contribution is 5.98. The predicted octanol–water partition coefficient (Wildman–Crippen LogP) is 0.966. The molecule has 6 N–H and O–H groups in total. The van der Waals surface area contributed by atoms with Gasteiger partial charge in [0.2, 0.25) is 11.8 Å². The largest absolute Gasteiger partial charge is 0.376 e. The van der Waals surface area contributed by atoms with Crippen LogP contribution in [0.1, 0.15) is 45.1 Å². The van der Waals surface area contributed by atoms with Gasteiger partial charge in [0, 0.05) is 43.5 Å². The van der Waals surface area contributed by atoms with Gasteiger partial charge in [0.05, 0.1) is 11.6 Å². The van der Waals surface area contributed by atoms with Crippen LogP contribution in [-0.2, 0) is 20.9 Å². The Kier molecular flexibility index (Phi) is 7.94. The van der Waals surface area contributed by atoms with Crippen molar-refractivity contribution in [2.24, 2.45) is 11.8 Å². The van der Waals surface area contributed by atoms with E-state index in [2.05, 4.69) is 31.9 Å². The van der Waals surface area contributed by atoms with Gasteiger partial charge in [-0.1, -0.05) is 44.2 Å². The van der Waals surface area contributed by atoms with Gasteiger partial charge >= 0.3 is 0 Å². The first-order chi connectivity index (χ1) is 16.9. The summed E-state index contributed by atoms with van der Waals surface area (Å²) in [5, 5.41) is 18.6. The molecule has 9 heteroatoms. The minimum absolute atomic E-state index is 0.0926. The fourth-order valence-electron chi connectivity index (χ4n) is 4.34. The van der Waals surface area contributed by atoms with Crippen molar-refractivity contribution in [2.45, 2.75) is 64.3 Å². The Morgan fingerprint density at radius 1 is 1.03 bits per heavy atom. The predicted molar refractivity (Wildman–Crippen MR) is 133 cm³/mol. The topological polar surface area (TPSA) is 123 Å². The maximum absolute atomic E-state index is 13.1. The molecule has 2 heterocycles. The Balaban J connectivity index is 1.25. The molecule has 1 saturated carbocycles. The van der Waals surface area contributed by atoms with Gasteiger partial charge in [-0.15, -0.1) is 0 Å². The molecule has 2 aliphatic heterocycles. The summed E-state index contributed by atoms with van der Waals surface area (Å²) >= 11 is 0. The normalized spacial score (nSPS) is 21.3. The van der Waals surface area contributed by atoms with Gasteiger partial charge in [-0.3, -0.25) is 14.4 Å². The van der Waals surface area contributed by atoms with E-state index in [1.807, 2.05) is 50.4 Å². The maximum atomic E-state index is 13.1. The Hall–Kier alpha value is -3.49. The van der Waals surface area contributed by atoms with Crippen molar-refractivity contribution in [3.63, 3.8) is 0 Å². The van der Waals surface area contributed by atoms with Crippen molar-refractivity contribution in [2.75, 3.05) is 6.54 Å². The summed E-state index contributed by atoms with van der Waals surface area (Å²) in [6.45, 7) is 4.68. The van der Waals surface area contributed by atoms with Crippen molar-refractivity contribution in [3.05, 3.63) is 59.6 Å². The zero-order valence-corrected chi connectivity index (χ0v) is 20.4. The van der Waals surface area contributed by atoms with Crippen LogP contribution < -0.4 is 31.9 Å². The molecule has 3 aliphatic rings. The molecule has 3 amide bonds. The van der Waals surface area contributed by atoms with Crippen LogP contribution >= 0.6 is 0 Å². The van der Waals surface area contributed by atoms with Crippen LogP contribution in [0.25, 0.3) is 0 Å². The number of hydrogen-bond acceptors (Lipinski definition) is 6. The van der Waals surface area contributed by atoms with Crippen molar-refractivity contribution < 1.29 is 14.4 Å². The number of fused-ring (bicyclic) bond motifs is 1. The summed E-state index contributed by atoms with van der Waals surface area (Å²) in [6.07, 6.45) is 6.62. The SMILES string of the molecule is CC(C)C[C@@H](NC(=O)C1=CNC2NC=C(C3CC3)NC12)C(=O)NCCC(=O)NCc1ccccc1. The molecule has 35 heavy (non-hydrogen) atoms. The van der Waals surface area contributed by atoms with Gasteiger partial charge in [-0.2, -0.15) is 0 Å². The smallest absolute Gasteiger partial charge is 0.251 e. The van der Waals surface area contributed by atoms with E-state index in [1.54, 1.807) is 6.20 Å². The third-order valence-corrected chi connectivity index (χ3v) is 6.42. The summed E-state index contributed by atoms with van der Waals surface area (Å²) in [7, 11) is 0. The van der Waals surface area contributed by atoms with Crippen LogP contribution in [0.4, 0.5) is 0 Å². The minimum atomic E-state index is -0.676. The first kappa shape index (κ1) is 24.6. The Morgan fingerprint density at radius 3 is 2.49 bits per heavy atom. The van der Waals surface area contributed by atoms with E-state index < -0.39 is 6.04 Å². The molecule has 2 unspecified atom stereocenters. The van der Waals surface area contributed by atoms with Crippen molar-refractivity contribution >= 4 is 17.7 Å². The molecule has 1 fully saturated rings. The van der Waals surface area contributed by atoms with Gasteiger partial charge in [0.15, 0.2) is 0 Å². The van der Waals surface area contributed by atoms with Crippen LogP contribution in [0, 0.1) is 11.8 Å². The number of carbonyl (C=O) groups excluding carboxylic acids is 3. The van der Waals surface area contributed by atoms with E-state index in [-0.39, 0.29) is 48.8 Å². The zero-order chi connectivity index (χ0) is 24.8. The molecule has 4 rings (SSSR count). The minimum Gasteiger partial charge on any atom is -0.376 e. The number of allylic oxidation sites excluding steroid dienone is 1. The van der Waals surface area contributed by atoms with Gasteiger partial charge in [0.1, 0.15) is 12.2 Å². The van der Waals surface area contributed by atoms with Crippen LogP contribution in [0.5, 0.6) is 0 Å². The first-order valence-corrected chi connectivity index (χ1v) is 12.5. The summed E-state index contributed by atoms with van der Waals surface area (Å²) in [4.78, 5) is 38.2. The van der Waals surface area contributed by atoms with E-state index in [0.29, 0.717) is 24.5 Å². The standard InChI is InChI=1S/C26H36N6O3/c1-16(2)12-20(26(35)27-11-10-22(33)28-13-17-6-4-3-5-7-17)32-25(34)19-14-29-24-23(19)31-21(15-30-24)18-8-9-18/h3-7,14-16,18,20,23-24,29-31H,8-13H2,1-2H3,(H,27,35)(H,28,33)(H,32,34)/t20-,23?,24?/m1/s1. The number of benzene rings is 1. The van der Waals surface area contributed by atoms with Crippen molar-refractivity contribution in [1.29, 1.82) is 0 Å². The second kappa shape index (κ2) is 11.3. The quantitative estimate of drug-likeness (QED) is 0.281. The van der Waals surface area contributed by atoms with Crippen molar-refractivity contribution in [1.82, 2.24) is 31.9 Å². The molecular weight excluding hydrogens is 444 g/mol. The zero-order valence-electron chi connectivity index (χ0n) is 20.4. The Labute approximate surface area is 206 Å². The number of carbonyl (C=O) groups is 3. The molecule has 1 aromatic rings. The molecule has 0 aromatic heterocycles. The van der Waals surface area contributed by atoms with Crippen LogP contribution in [0.3, 0.4) is 0 Å². The molecule has 0 radical (unpaired) electrons. The molecule has 0 bridgehead atoms. The fourth-order valence-corrected chi connectivity index (χ4v) is 4.34.